The van der Waals surface area contributed by atoms with Crippen LogP contribution in [0.3, 0.4) is 0 Å². The van der Waals surface area contributed by atoms with E-state index in [2.05, 4.69) is 10.4 Å². The van der Waals surface area contributed by atoms with Gasteiger partial charge >= 0.3 is 0 Å². The van der Waals surface area contributed by atoms with Crippen LogP contribution in [0.2, 0.25) is 0 Å². The van der Waals surface area contributed by atoms with Gasteiger partial charge in [-0.1, -0.05) is 42.5 Å². The normalized spacial score (nSPS) is 15.3. The zero-order valence-corrected chi connectivity index (χ0v) is 16.1. The largest absolute Gasteiger partial charge is 0.477 e. The maximum absolute atomic E-state index is 13.0. The SMILES string of the molecule is Cn1cc(C(=O)N2C[C@@H](C(=O)NCCc3ccccc3)Oc3ccccc32)cn1. The maximum atomic E-state index is 13.0. The Hall–Kier alpha value is -3.61. The maximum Gasteiger partial charge on any atom is 0.262 e. The van der Waals surface area contributed by atoms with Gasteiger partial charge in [-0.25, -0.2) is 0 Å². The van der Waals surface area contributed by atoms with Crippen LogP contribution in [0.1, 0.15) is 15.9 Å². The van der Waals surface area contributed by atoms with Crippen molar-refractivity contribution in [1.29, 1.82) is 0 Å². The quantitative estimate of drug-likeness (QED) is 0.725. The molecule has 7 heteroatoms. The van der Waals surface area contributed by atoms with Crippen molar-refractivity contribution < 1.29 is 14.3 Å². The van der Waals surface area contributed by atoms with Crippen LogP contribution in [0.5, 0.6) is 5.75 Å². The van der Waals surface area contributed by atoms with E-state index in [-0.39, 0.29) is 18.4 Å². The average molecular weight is 390 g/mol. The number of nitrogens with zero attached hydrogens (tertiary/aromatic N) is 3. The Morgan fingerprint density at radius 2 is 1.90 bits per heavy atom. The van der Waals surface area contributed by atoms with E-state index in [0.29, 0.717) is 23.5 Å². The van der Waals surface area contributed by atoms with Gasteiger partial charge in [0, 0.05) is 19.8 Å². The minimum absolute atomic E-state index is 0.141. The molecule has 29 heavy (non-hydrogen) atoms. The van der Waals surface area contributed by atoms with Crippen molar-refractivity contribution in [3.8, 4) is 5.75 Å². The molecule has 7 nitrogen and oxygen atoms in total. The van der Waals surface area contributed by atoms with Crippen LogP contribution in [0.15, 0.2) is 67.0 Å². The first-order chi connectivity index (χ1) is 14.1. The summed E-state index contributed by atoms with van der Waals surface area (Å²) in [6.07, 6.45) is 3.14. The predicted molar refractivity (Wildman–Crippen MR) is 109 cm³/mol. The summed E-state index contributed by atoms with van der Waals surface area (Å²) in [4.78, 5) is 27.3. The van der Waals surface area contributed by atoms with E-state index < -0.39 is 6.10 Å². The van der Waals surface area contributed by atoms with Gasteiger partial charge in [0.1, 0.15) is 5.75 Å². The molecule has 2 aromatic carbocycles. The lowest BCUT2D eigenvalue weighted by Crippen LogP contribution is -2.51. The summed E-state index contributed by atoms with van der Waals surface area (Å²) in [5.41, 5.74) is 2.26. The highest BCUT2D eigenvalue weighted by atomic mass is 16.5. The first kappa shape index (κ1) is 18.7. The molecule has 1 atom stereocenters. The second-order valence-electron chi connectivity index (χ2n) is 6.92. The molecular formula is C22H22N4O3. The topological polar surface area (TPSA) is 76.5 Å². The molecule has 0 bridgehead atoms. The first-order valence-electron chi connectivity index (χ1n) is 9.49. The molecule has 2 amide bonds. The molecule has 0 radical (unpaired) electrons. The molecule has 0 fully saturated rings. The minimum Gasteiger partial charge on any atom is -0.477 e. The zero-order valence-electron chi connectivity index (χ0n) is 16.1. The van der Waals surface area contributed by atoms with Crippen molar-refractivity contribution in [3.05, 3.63) is 78.1 Å². The second kappa shape index (κ2) is 8.18. The summed E-state index contributed by atoms with van der Waals surface area (Å²) in [6, 6.07) is 17.2. The number of rotatable bonds is 5. The molecule has 0 aliphatic carbocycles. The van der Waals surface area contributed by atoms with Crippen LogP contribution in [0, 0.1) is 0 Å². The van der Waals surface area contributed by atoms with Crippen LogP contribution in [-0.4, -0.2) is 40.8 Å². The standard InChI is InChI=1S/C22H22N4O3/c1-25-14-17(13-24-25)22(28)26-15-20(29-19-10-6-5-9-18(19)26)21(27)23-12-11-16-7-3-2-4-8-16/h2-10,13-14,20H,11-12,15H2,1H3,(H,23,27)/t20-/m0/s1. The van der Waals surface area contributed by atoms with E-state index in [4.69, 9.17) is 4.74 Å². The van der Waals surface area contributed by atoms with E-state index in [1.807, 2.05) is 48.5 Å². The Bertz CT molecular complexity index is 1020. The molecular weight excluding hydrogens is 368 g/mol. The fraction of sp³-hybridized carbons (Fsp3) is 0.227. The van der Waals surface area contributed by atoms with E-state index in [1.165, 1.54) is 6.20 Å². The van der Waals surface area contributed by atoms with Gasteiger partial charge in [-0.15, -0.1) is 0 Å². The van der Waals surface area contributed by atoms with Crippen molar-refractivity contribution in [2.45, 2.75) is 12.5 Å². The number of benzene rings is 2. The molecule has 0 unspecified atom stereocenters. The lowest BCUT2D eigenvalue weighted by Gasteiger charge is -2.34. The van der Waals surface area contributed by atoms with Gasteiger partial charge in [-0.2, -0.15) is 5.10 Å². The number of anilines is 1. The smallest absolute Gasteiger partial charge is 0.262 e. The lowest BCUT2D eigenvalue weighted by molar-refractivity contribution is -0.127. The van der Waals surface area contributed by atoms with E-state index in [1.54, 1.807) is 28.9 Å². The average Bonchev–Trinajstić information content (AvgIpc) is 3.19. The Balaban J connectivity index is 1.47. The number of aromatic nitrogens is 2. The van der Waals surface area contributed by atoms with Gasteiger partial charge in [0.25, 0.3) is 11.8 Å². The number of carbonyl (C=O) groups is 2. The van der Waals surface area contributed by atoms with Crippen molar-refractivity contribution >= 4 is 17.5 Å². The number of aryl methyl sites for hydroxylation is 1. The zero-order chi connectivity index (χ0) is 20.2. The summed E-state index contributed by atoms with van der Waals surface area (Å²) in [6.45, 7) is 0.642. The highest BCUT2D eigenvalue weighted by Crippen LogP contribution is 2.34. The third-order valence-corrected chi connectivity index (χ3v) is 4.82. The minimum atomic E-state index is -0.777. The van der Waals surface area contributed by atoms with Gasteiger partial charge in [0.2, 0.25) is 0 Å². The number of amides is 2. The molecule has 1 aliphatic rings. The predicted octanol–water partition coefficient (Wildman–Crippen LogP) is 2.19. The summed E-state index contributed by atoms with van der Waals surface area (Å²) in [5, 5.41) is 6.99. The van der Waals surface area contributed by atoms with Crippen molar-refractivity contribution in [2.24, 2.45) is 7.05 Å². The molecule has 0 saturated heterocycles. The third kappa shape index (κ3) is 4.13. The number of hydrogen-bond acceptors (Lipinski definition) is 4. The summed E-state index contributed by atoms with van der Waals surface area (Å²) >= 11 is 0. The molecule has 1 aromatic heterocycles. The highest BCUT2D eigenvalue weighted by Gasteiger charge is 2.34. The Labute approximate surface area is 168 Å². The summed E-state index contributed by atoms with van der Waals surface area (Å²) < 4.78 is 7.47. The number of nitrogens with one attached hydrogen (secondary N) is 1. The molecule has 2 heterocycles. The van der Waals surface area contributed by atoms with Crippen molar-refractivity contribution in [2.75, 3.05) is 18.0 Å². The first-order valence-corrected chi connectivity index (χ1v) is 9.49. The Morgan fingerprint density at radius 1 is 1.14 bits per heavy atom. The molecule has 1 N–H and O–H groups in total. The van der Waals surface area contributed by atoms with Crippen LogP contribution < -0.4 is 15.0 Å². The Morgan fingerprint density at radius 3 is 2.66 bits per heavy atom. The number of carbonyl (C=O) groups excluding carboxylic acids is 2. The summed E-state index contributed by atoms with van der Waals surface area (Å²) in [7, 11) is 1.76. The van der Waals surface area contributed by atoms with Gasteiger partial charge < -0.3 is 15.0 Å². The van der Waals surface area contributed by atoms with Crippen molar-refractivity contribution in [3.63, 3.8) is 0 Å². The highest BCUT2D eigenvalue weighted by molar-refractivity contribution is 6.07. The monoisotopic (exact) mass is 390 g/mol. The number of ether oxygens (including phenoxy) is 1. The van der Waals surface area contributed by atoms with Gasteiger partial charge in [-0.3, -0.25) is 14.3 Å². The van der Waals surface area contributed by atoms with Crippen LogP contribution >= 0.6 is 0 Å². The third-order valence-electron chi connectivity index (χ3n) is 4.82. The molecule has 3 aromatic rings. The fourth-order valence-electron chi connectivity index (χ4n) is 3.34. The van der Waals surface area contributed by atoms with Crippen LogP contribution in [0.4, 0.5) is 5.69 Å². The van der Waals surface area contributed by atoms with E-state index >= 15 is 0 Å². The fourth-order valence-corrected chi connectivity index (χ4v) is 3.34. The van der Waals surface area contributed by atoms with Crippen LogP contribution in [-0.2, 0) is 18.3 Å². The van der Waals surface area contributed by atoms with E-state index in [0.717, 1.165) is 12.0 Å². The summed E-state index contributed by atoms with van der Waals surface area (Å²) in [5.74, 6) is 0.0644. The lowest BCUT2D eigenvalue weighted by atomic mass is 10.1. The van der Waals surface area contributed by atoms with Gasteiger partial charge in [0.15, 0.2) is 6.10 Å². The molecule has 0 spiro atoms. The molecule has 148 valence electrons. The van der Waals surface area contributed by atoms with Gasteiger partial charge in [0.05, 0.1) is 24.0 Å². The molecule has 1 aliphatic heterocycles. The molecule has 0 saturated carbocycles. The van der Waals surface area contributed by atoms with Crippen LogP contribution in [0.25, 0.3) is 0 Å². The number of para-hydroxylation sites is 2. The van der Waals surface area contributed by atoms with Crippen molar-refractivity contribution in [1.82, 2.24) is 15.1 Å². The Kier molecular flexibility index (Phi) is 5.29. The molecule has 4 rings (SSSR count). The van der Waals surface area contributed by atoms with Gasteiger partial charge in [-0.05, 0) is 24.1 Å². The second-order valence-corrected chi connectivity index (χ2v) is 6.92. The number of fused-ring (bicyclic) bond motifs is 1. The number of hydrogen-bond donors (Lipinski definition) is 1. The van der Waals surface area contributed by atoms with E-state index in [9.17, 15) is 9.59 Å².